The van der Waals surface area contributed by atoms with Crippen LogP contribution in [0.1, 0.15) is 33.3 Å². The molecule has 98 valence electrons. The Morgan fingerprint density at radius 2 is 1.72 bits per heavy atom. The van der Waals surface area contributed by atoms with Gasteiger partial charge in [-0.2, -0.15) is 0 Å². The summed E-state index contributed by atoms with van der Waals surface area (Å²) in [6.07, 6.45) is 0. The monoisotopic (exact) mass is 246 g/mol. The Morgan fingerprint density at radius 1 is 1.11 bits per heavy atom. The lowest BCUT2D eigenvalue weighted by atomic mass is 9.75. The Morgan fingerprint density at radius 3 is 2.17 bits per heavy atom. The lowest BCUT2D eigenvalue weighted by molar-refractivity contribution is -0.134. The summed E-state index contributed by atoms with van der Waals surface area (Å²) in [6.45, 7) is 10.3. The SMILES string of the molecule is Cc1cccc(N2N(C)C(=O)C(C)(C)C2(C)C)c1. The summed E-state index contributed by atoms with van der Waals surface area (Å²) >= 11 is 0. The van der Waals surface area contributed by atoms with Crippen LogP contribution < -0.4 is 5.01 Å². The number of hydrogen-bond acceptors (Lipinski definition) is 2. The fourth-order valence-corrected chi connectivity index (χ4v) is 2.65. The Labute approximate surface area is 109 Å². The van der Waals surface area contributed by atoms with E-state index in [0.29, 0.717) is 0 Å². The Bertz CT molecular complexity index is 491. The highest BCUT2D eigenvalue weighted by Gasteiger charge is 2.57. The molecule has 0 unspecified atom stereocenters. The first-order chi connectivity index (χ1) is 8.19. The van der Waals surface area contributed by atoms with Crippen molar-refractivity contribution in [3.05, 3.63) is 29.8 Å². The molecule has 0 N–H and O–H groups in total. The van der Waals surface area contributed by atoms with E-state index in [1.165, 1.54) is 5.56 Å². The maximum Gasteiger partial charge on any atom is 0.248 e. The van der Waals surface area contributed by atoms with E-state index in [2.05, 4.69) is 44.0 Å². The Kier molecular flexibility index (Phi) is 2.69. The molecule has 1 aromatic carbocycles. The minimum Gasteiger partial charge on any atom is -0.277 e. The van der Waals surface area contributed by atoms with Crippen molar-refractivity contribution < 1.29 is 4.79 Å². The lowest BCUT2D eigenvalue weighted by Gasteiger charge is -2.40. The Balaban J connectivity index is 2.54. The summed E-state index contributed by atoms with van der Waals surface area (Å²) < 4.78 is 0. The maximum atomic E-state index is 12.4. The highest BCUT2D eigenvalue weighted by atomic mass is 16.2. The molecule has 1 amide bonds. The van der Waals surface area contributed by atoms with Crippen LogP contribution >= 0.6 is 0 Å². The number of benzene rings is 1. The number of nitrogens with zero attached hydrogens (tertiary/aromatic N) is 2. The van der Waals surface area contributed by atoms with Crippen LogP contribution in [0, 0.1) is 12.3 Å². The van der Waals surface area contributed by atoms with E-state index >= 15 is 0 Å². The van der Waals surface area contributed by atoms with Crippen LogP contribution in [0.15, 0.2) is 24.3 Å². The molecule has 1 heterocycles. The highest BCUT2D eigenvalue weighted by Crippen LogP contribution is 2.46. The standard InChI is InChI=1S/C15H22N2O/c1-11-8-7-9-12(10-11)17-15(4,5)14(2,3)13(18)16(17)6/h7-10H,1-6H3. The predicted molar refractivity (Wildman–Crippen MR) is 74.3 cm³/mol. The molecule has 2 rings (SSSR count). The first kappa shape index (κ1) is 12.9. The highest BCUT2D eigenvalue weighted by molar-refractivity contribution is 5.89. The van der Waals surface area contributed by atoms with Gasteiger partial charge in [-0.25, -0.2) is 0 Å². The van der Waals surface area contributed by atoms with Crippen LogP contribution in [0.5, 0.6) is 0 Å². The third-order valence-electron chi connectivity index (χ3n) is 4.43. The topological polar surface area (TPSA) is 23.6 Å². The van der Waals surface area contributed by atoms with Gasteiger partial charge >= 0.3 is 0 Å². The second-order valence-corrected chi connectivity index (χ2v) is 6.16. The van der Waals surface area contributed by atoms with Crippen LogP contribution in [0.4, 0.5) is 5.69 Å². The number of rotatable bonds is 1. The fourth-order valence-electron chi connectivity index (χ4n) is 2.65. The molecular weight excluding hydrogens is 224 g/mol. The number of carbonyl (C=O) groups is 1. The smallest absolute Gasteiger partial charge is 0.248 e. The zero-order valence-corrected chi connectivity index (χ0v) is 12.1. The molecule has 3 nitrogen and oxygen atoms in total. The second kappa shape index (κ2) is 3.74. The number of hydrazine groups is 1. The van der Waals surface area contributed by atoms with Gasteiger partial charge in [-0.3, -0.25) is 14.8 Å². The van der Waals surface area contributed by atoms with E-state index < -0.39 is 5.41 Å². The second-order valence-electron chi connectivity index (χ2n) is 6.16. The van der Waals surface area contributed by atoms with Crippen LogP contribution in [0.3, 0.4) is 0 Å². The van der Waals surface area contributed by atoms with E-state index in [9.17, 15) is 4.79 Å². The summed E-state index contributed by atoms with van der Waals surface area (Å²) in [4.78, 5) is 12.4. The van der Waals surface area contributed by atoms with Gasteiger partial charge in [0.25, 0.3) is 0 Å². The molecule has 0 aliphatic carbocycles. The molecule has 0 spiro atoms. The summed E-state index contributed by atoms with van der Waals surface area (Å²) in [7, 11) is 1.85. The molecule has 0 radical (unpaired) electrons. The van der Waals surface area contributed by atoms with Gasteiger partial charge in [0.15, 0.2) is 0 Å². The quantitative estimate of drug-likeness (QED) is 0.760. The third kappa shape index (κ3) is 1.53. The predicted octanol–water partition coefficient (Wildman–Crippen LogP) is 2.99. The van der Waals surface area contributed by atoms with Crippen molar-refractivity contribution >= 4 is 11.6 Å². The first-order valence-corrected chi connectivity index (χ1v) is 6.34. The molecule has 0 saturated carbocycles. The van der Waals surface area contributed by atoms with Gasteiger partial charge in [0.1, 0.15) is 0 Å². The van der Waals surface area contributed by atoms with Crippen LogP contribution in [0.2, 0.25) is 0 Å². The van der Waals surface area contributed by atoms with E-state index in [1.807, 2.05) is 27.0 Å². The molecule has 1 aliphatic rings. The maximum absolute atomic E-state index is 12.4. The van der Waals surface area contributed by atoms with Crippen molar-refractivity contribution in [2.75, 3.05) is 12.1 Å². The van der Waals surface area contributed by atoms with Crippen molar-refractivity contribution in [2.45, 2.75) is 40.2 Å². The molecule has 3 heteroatoms. The van der Waals surface area contributed by atoms with Crippen molar-refractivity contribution in [3.63, 3.8) is 0 Å². The van der Waals surface area contributed by atoms with Gasteiger partial charge in [0.2, 0.25) is 5.91 Å². The number of amides is 1. The molecule has 1 saturated heterocycles. The van der Waals surface area contributed by atoms with Crippen molar-refractivity contribution in [1.29, 1.82) is 0 Å². The Hall–Kier alpha value is -1.51. The number of aryl methyl sites for hydroxylation is 1. The van der Waals surface area contributed by atoms with Crippen molar-refractivity contribution in [2.24, 2.45) is 5.41 Å². The first-order valence-electron chi connectivity index (χ1n) is 6.34. The van der Waals surface area contributed by atoms with Crippen LogP contribution in [-0.2, 0) is 4.79 Å². The fraction of sp³-hybridized carbons (Fsp3) is 0.533. The number of anilines is 1. The molecule has 18 heavy (non-hydrogen) atoms. The van der Waals surface area contributed by atoms with Gasteiger partial charge in [0, 0.05) is 7.05 Å². The van der Waals surface area contributed by atoms with E-state index in [4.69, 9.17) is 0 Å². The average Bonchev–Trinajstić information content (AvgIpc) is 2.37. The molecule has 1 aromatic rings. The van der Waals surface area contributed by atoms with Crippen LogP contribution in [0.25, 0.3) is 0 Å². The molecule has 0 aromatic heterocycles. The summed E-state index contributed by atoms with van der Waals surface area (Å²) in [5.74, 6) is 0.161. The summed E-state index contributed by atoms with van der Waals surface area (Å²) in [5.41, 5.74) is 1.63. The van der Waals surface area contributed by atoms with Gasteiger partial charge in [-0.05, 0) is 52.3 Å². The lowest BCUT2D eigenvalue weighted by Crippen LogP contribution is -2.49. The molecule has 1 fully saturated rings. The van der Waals surface area contributed by atoms with Gasteiger partial charge < -0.3 is 0 Å². The van der Waals surface area contributed by atoms with Gasteiger partial charge in [0.05, 0.1) is 16.6 Å². The zero-order chi connectivity index (χ0) is 13.7. The summed E-state index contributed by atoms with van der Waals surface area (Å²) in [5, 5.41) is 3.84. The molecular formula is C15H22N2O. The number of hydrogen-bond donors (Lipinski definition) is 0. The van der Waals surface area contributed by atoms with Gasteiger partial charge in [-0.15, -0.1) is 0 Å². The molecule has 1 aliphatic heterocycles. The zero-order valence-electron chi connectivity index (χ0n) is 12.1. The van der Waals surface area contributed by atoms with E-state index in [0.717, 1.165) is 5.69 Å². The van der Waals surface area contributed by atoms with Crippen LogP contribution in [-0.4, -0.2) is 23.5 Å². The largest absolute Gasteiger partial charge is 0.277 e. The average molecular weight is 246 g/mol. The van der Waals surface area contributed by atoms with E-state index in [-0.39, 0.29) is 11.4 Å². The van der Waals surface area contributed by atoms with Gasteiger partial charge in [-0.1, -0.05) is 12.1 Å². The summed E-state index contributed by atoms with van der Waals surface area (Å²) in [6, 6.07) is 8.27. The van der Waals surface area contributed by atoms with Crippen molar-refractivity contribution in [1.82, 2.24) is 5.01 Å². The normalized spacial score (nSPS) is 21.6. The molecule has 0 atom stereocenters. The molecule has 0 bridgehead atoms. The third-order valence-corrected chi connectivity index (χ3v) is 4.43. The minimum absolute atomic E-state index is 0.161. The number of carbonyl (C=O) groups excluding carboxylic acids is 1. The minimum atomic E-state index is -0.397. The van der Waals surface area contributed by atoms with E-state index in [1.54, 1.807) is 5.01 Å². The van der Waals surface area contributed by atoms with Crippen molar-refractivity contribution in [3.8, 4) is 0 Å².